The molecule has 0 fully saturated rings. The Balaban J connectivity index is 1.95. The van der Waals surface area contributed by atoms with E-state index in [9.17, 15) is 4.79 Å². The monoisotopic (exact) mass is 262 g/mol. The first-order valence-electron chi connectivity index (χ1n) is 5.57. The average molecular weight is 262 g/mol. The Morgan fingerprint density at radius 2 is 2.00 bits per heavy atom. The van der Waals surface area contributed by atoms with Crippen LogP contribution in [0.2, 0.25) is 0 Å². The molecule has 0 saturated heterocycles. The highest BCUT2D eigenvalue weighted by Crippen LogP contribution is 2.12. The van der Waals surface area contributed by atoms with Crippen molar-refractivity contribution in [3.8, 4) is 0 Å². The molecule has 4 nitrogen and oxygen atoms in total. The van der Waals surface area contributed by atoms with E-state index in [4.69, 9.17) is 5.11 Å². The Hall–Kier alpha value is -1.72. The van der Waals surface area contributed by atoms with Crippen LogP contribution in [0.3, 0.4) is 0 Å². The Kier molecular flexibility index (Phi) is 4.07. The van der Waals surface area contributed by atoms with Gasteiger partial charge in [0.05, 0.1) is 17.8 Å². The maximum Gasteiger partial charge on any atom is 0.263 e. The normalized spacial score (nSPS) is 10.3. The van der Waals surface area contributed by atoms with E-state index in [-0.39, 0.29) is 12.5 Å². The number of benzene rings is 1. The van der Waals surface area contributed by atoms with Crippen LogP contribution >= 0.6 is 11.3 Å². The zero-order chi connectivity index (χ0) is 13.0. The number of amides is 1. The minimum atomic E-state index is -0.0961. The summed E-state index contributed by atoms with van der Waals surface area (Å²) in [6.45, 7) is 2.33. The zero-order valence-electron chi connectivity index (χ0n) is 10.0. The molecular weight excluding hydrogens is 248 g/mol. The predicted molar refractivity (Wildman–Crippen MR) is 70.4 cm³/mol. The van der Waals surface area contributed by atoms with Crippen LogP contribution in [0, 0.1) is 6.92 Å². The number of rotatable bonds is 4. The quantitative estimate of drug-likeness (QED) is 0.884. The predicted octanol–water partition coefficient (Wildman–Crippen LogP) is 1.87. The molecule has 0 spiro atoms. The molecule has 0 bridgehead atoms. The SMILES string of the molecule is Cc1ncsc1C(=O)NCc1ccc(CO)cc1. The molecule has 0 saturated carbocycles. The molecular formula is C13H14N2O2S. The van der Waals surface area contributed by atoms with Gasteiger partial charge < -0.3 is 10.4 Å². The van der Waals surface area contributed by atoms with Gasteiger partial charge in [-0.3, -0.25) is 4.79 Å². The van der Waals surface area contributed by atoms with Crippen LogP contribution in [-0.2, 0) is 13.2 Å². The third kappa shape index (κ3) is 2.94. The van der Waals surface area contributed by atoms with Crippen LogP contribution in [-0.4, -0.2) is 16.0 Å². The van der Waals surface area contributed by atoms with Crippen molar-refractivity contribution in [2.45, 2.75) is 20.1 Å². The third-order valence-electron chi connectivity index (χ3n) is 2.61. The molecule has 0 radical (unpaired) electrons. The largest absolute Gasteiger partial charge is 0.392 e. The van der Waals surface area contributed by atoms with Crippen molar-refractivity contribution >= 4 is 17.2 Å². The van der Waals surface area contributed by atoms with Crippen molar-refractivity contribution in [1.82, 2.24) is 10.3 Å². The minimum absolute atomic E-state index is 0.0344. The molecule has 2 aromatic rings. The van der Waals surface area contributed by atoms with Crippen LogP contribution in [0.15, 0.2) is 29.8 Å². The molecule has 0 aliphatic carbocycles. The summed E-state index contributed by atoms with van der Waals surface area (Å²) in [5, 5.41) is 11.8. The van der Waals surface area contributed by atoms with E-state index >= 15 is 0 Å². The summed E-state index contributed by atoms with van der Waals surface area (Å²) < 4.78 is 0. The van der Waals surface area contributed by atoms with Crippen LogP contribution in [0.4, 0.5) is 0 Å². The lowest BCUT2D eigenvalue weighted by Gasteiger charge is -2.05. The van der Waals surface area contributed by atoms with E-state index in [0.29, 0.717) is 11.4 Å². The minimum Gasteiger partial charge on any atom is -0.392 e. The summed E-state index contributed by atoms with van der Waals surface area (Å²) in [6, 6.07) is 7.48. The summed E-state index contributed by atoms with van der Waals surface area (Å²) in [5.41, 5.74) is 4.29. The van der Waals surface area contributed by atoms with E-state index in [0.717, 1.165) is 16.8 Å². The van der Waals surface area contributed by atoms with E-state index in [2.05, 4.69) is 10.3 Å². The van der Waals surface area contributed by atoms with Crippen molar-refractivity contribution in [3.05, 3.63) is 51.5 Å². The number of aromatic nitrogens is 1. The highest BCUT2D eigenvalue weighted by atomic mass is 32.1. The molecule has 2 rings (SSSR count). The Bertz CT molecular complexity index is 534. The first-order chi connectivity index (χ1) is 8.70. The maximum absolute atomic E-state index is 11.8. The number of thiazole rings is 1. The molecule has 0 aliphatic rings. The molecule has 18 heavy (non-hydrogen) atoms. The molecule has 1 heterocycles. The molecule has 5 heteroatoms. The zero-order valence-corrected chi connectivity index (χ0v) is 10.8. The Morgan fingerprint density at radius 1 is 1.33 bits per heavy atom. The highest BCUT2D eigenvalue weighted by Gasteiger charge is 2.10. The van der Waals surface area contributed by atoms with Gasteiger partial charge in [-0.15, -0.1) is 11.3 Å². The second-order valence-electron chi connectivity index (χ2n) is 3.92. The molecule has 1 aromatic carbocycles. The summed E-state index contributed by atoms with van der Waals surface area (Å²) in [7, 11) is 0. The molecule has 0 aliphatic heterocycles. The number of aliphatic hydroxyl groups is 1. The number of hydrogen-bond acceptors (Lipinski definition) is 4. The fourth-order valence-electron chi connectivity index (χ4n) is 1.54. The van der Waals surface area contributed by atoms with Gasteiger partial charge in [-0.25, -0.2) is 4.98 Å². The molecule has 2 N–H and O–H groups in total. The standard InChI is InChI=1S/C13H14N2O2S/c1-9-12(18-8-15-9)13(17)14-6-10-2-4-11(7-16)5-3-10/h2-5,8,16H,6-7H2,1H3,(H,14,17). The number of aryl methyl sites for hydroxylation is 1. The molecule has 1 amide bonds. The topological polar surface area (TPSA) is 62.2 Å². The first kappa shape index (κ1) is 12.7. The summed E-state index contributed by atoms with van der Waals surface area (Å²) in [4.78, 5) is 16.5. The van der Waals surface area contributed by atoms with Crippen molar-refractivity contribution in [3.63, 3.8) is 0 Å². The number of nitrogens with one attached hydrogen (secondary N) is 1. The van der Waals surface area contributed by atoms with E-state index in [1.807, 2.05) is 31.2 Å². The first-order valence-corrected chi connectivity index (χ1v) is 6.45. The molecule has 94 valence electrons. The van der Waals surface area contributed by atoms with Gasteiger partial charge in [0.25, 0.3) is 5.91 Å². The van der Waals surface area contributed by atoms with Crippen molar-refractivity contribution in [2.75, 3.05) is 0 Å². The molecule has 0 unspecified atom stereocenters. The number of nitrogens with zero attached hydrogens (tertiary/aromatic N) is 1. The van der Waals surface area contributed by atoms with Crippen LogP contribution in [0.25, 0.3) is 0 Å². The lowest BCUT2D eigenvalue weighted by Crippen LogP contribution is -2.22. The van der Waals surface area contributed by atoms with Crippen LogP contribution in [0.5, 0.6) is 0 Å². The van der Waals surface area contributed by atoms with E-state index in [1.54, 1.807) is 5.51 Å². The maximum atomic E-state index is 11.8. The Labute approximate surface area is 109 Å². The second kappa shape index (κ2) is 5.75. The molecule has 1 aromatic heterocycles. The molecule has 0 atom stereocenters. The van der Waals surface area contributed by atoms with Crippen LogP contribution < -0.4 is 5.32 Å². The van der Waals surface area contributed by atoms with Crippen molar-refractivity contribution < 1.29 is 9.90 Å². The van der Waals surface area contributed by atoms with Gasteiger partial charge in [0.15, 0.2) is 0 Å². The highest BCUT2D eigenvalue weighted by molar-refractivity contribution is 7.11. The van der Waals surface area contributed by atoms with Gasteiger partial charge in [-0.05, 0) is 18.1 Å². The van der Waals surface area contributed by atoms with Gasteiger partial charge in [0, 0.05) is 6.54 Å². The van der Waals surface area contributed by atoms with Gasteiger partial charge in [-0.1, -0.05) is 24.3 Å². The van der Waals surface area contributed by atoms with Crippen molar-refractivity contribution in [1.29, 1.82) is 0 Å². The lowest BCUT2D eigenvalue weighted by molar-refractivity contribution is 0.0954. The van der Waals surface area contributed by atoms with Gasteiger partial charge in [0.2, 0.25) is 0 Å². The summed E-state index contributed by atoms with van der Waals surface area (Å²) in [6.07, 6.45) is 0. The number of aliphatic hydroxyl groups excluding tert-OH is 1. The number of carbonyl (C=O) groups excluding carboxylic acids is 1. The van der Waals surface area contributed by atoms with E-state index in [1.165, 1.54) is 11.3 Å². The smallest absolute Gasteiger partial charge is 0.263 e. The lowest BCUT2D eigenvalue weighted by atomic mass is 10.1. The Morgan fingerprint density at radius 3 is 2.56 bits per heavy atom. The van der Waals surface area contributed by atoms with Crippen molar-refractivity contribution in [2.24, 2.45) is 0 Å². The fraction of sp³-hybridized carbons (Fsp3) is 0.231. The van der Waals surface area contributed by atoms with E-state index < -0.39 is 0 Å². The summed E-state index contributed by atoms with van der Waals surface area (Å²) in [5.74, 6) is -0.0961. The number of carbonyl (C=O) groups is 1. The van der Waals surface area contributed by atoms with Gasteiger partial charge in [-0.2, -0.15) is 0 Å². The summed E-state index contributed by atoms with van der Waals surface area (Å²) >= 11 is 1.34. The fourth-order valence-corrected chi connectivity index (χ4v) is 2.26. The third-order valence-corrected chi connectivity index (χ3v) is 3.54. The van der Waals surface area contributed by atoms with Gasteiger partial charge >= 0.3 is 0 Å². The van der Waals surface area contributed by atoms with Gasteiger partial charge in [0.1, 0.15) is 4.88 Å². The number of hydrogen-bond donors (Lipinski definition) is 2. The second-order valence-corrected chi connectivity index (χ2v) is 4.78. The van der Waals surface area contributed by atoms with Crippen LogP contribution in [0.1, 0.15) is 26.5 Å². The average Bonchev–Trinajstić information content (AvgIpc) is 2.83.